The fraction of sp³-hybridized carbons (Fsp3) is 0.519. The van der Waals surface area contributed by atoms with Crippen molar-refractivity contribution in [1.29, 1.82) is 0 Å². The van der Waals surface area contributed by atoms with Crippen LogP contribution < -0.4 is 4.90 Å². The minimum Gasteiger partial charge on any atom is -0.465 e. The first kappa shape index (κ1) is 25.4. The predicted molar refractivity (Wildman–Crippen MR) is 140 cm³/mol. The summed E-state index contributed by atoms with van der Waals surface area (Å²) in [5.41, 5.74) is 0.561. The Hall–Kier alpha value is -2.29. The molecule has 1 aromatic carbocycles. The van der Waals surface area contributed by atoms with Crippen LogP contribution in [0.5, 0.6) is 0 Å². The molecule has 0 aromatic heterocycles. The van der Waals surface area contributed by atoms with Crippen LogP contribution in [0.15, 0.2) is 48.6 Å². The minimum atomic E-state index is -0.996. The third-order valence-electron chi connectivity index (χ3n) is 7.82. The average molecular weight is 531 g/mol. The summed E-state index contributed by atoms with van der Waals surface area (Å²) in [6, 6.07) is 5.61. The highest BCUT2D eigenvalue weighted by atomic mass is 35.5. The molecule has 1 N–H and O–H groups in total. The first-order chi connectivity index (χ1) is 17.2. The molecule has 4 aliphatic rings. The normalized spacial score (nSPS) is 36.0. The molecule has 5 rings (SSSR count). The van der Waals surface area contributed by atoms with Crippen LogP contribution in [0.2, 0.25) is 5.02 Å². The fourth-order valence-electron chi connectivity index (χ4n) is 6.19. The molecule has 1 spiro atoms. The van der Waals surface area contributed by atoms with Gasteiger partial charge in [0.15, 0.2) is 0 Å². The number of fused-ring (bicyclic) bond motifs is 2. The molecule has 2 saturated heterocycles. The Labute approximate surface area is 220 Å². The molecular weight excluding hydrogens is 500 g/mol. The van der Waals surface area contributed by atoms with E-state index in [1.54, 1.807) is 30.0 Å². The van der Waals surface area contributed by atoms with E-state index < -0.39 is 39.4 Å². The molecule has 9 heteroatoms. The first-order valence-electron chi connectivity index (χ1n) is 12.5. The highest BCUT2D eigenvalue weighted by molar-refractivity contribution is 8.02. The van der Waals surface area contributed by atoms with Crippen molar-refractivity contribution >= 4 is 46.8 Å². The topological polar surface area (TPSA) is 87.2 Å². The lowest BCUT2D eigenvalue weighted by atomic mass is 9.74. The number of cyclic esters (lactones) is 1. The summed E-state index contributed by atoms with van der Waals surface area (Å²) >= 11 is 7.97. The van der Waals surface area contributed by atoms with Crippen molar-refractivity contribution in [2.75, 3.05) is 24.7 Å². The van der Waals surface area contributed by atoms with E-state index in [2.05, 4.69) is 6.08 Å². The number of anilines is 1. The number of nitrogens with zero attached hydrogens (tertiary/aromatic N) is 2. The van der Waals surface area contributed by atoms with Crippen LogP contribution >= 0.6 is 23.4 Å². The maximum Gasteiger partial charge on any atom is 0.311 e. The van der Waals surface area contributed by atoms with E-state index in [1.807, 2.05) is 31.2 Å². The zero-order valence-corrected chi connectivity index (χ0v) is 22.0. The van der Waals surface area contributed by atoms with Gasteiger partial charge in [0.25, 0.3) is 5.91 Å². The number of rotatable bonds is 3. The summed E-state index contributed by atoms with van der Waals surface area (Å²) in [6.45, 7) is 3.99. The average Bonchev–Trinajstić information content (AvgIpc) is 3.19. The Kier molecular flexibility index (Phi) is 6.72. The zero-order chi connectivity index (χ0) is 25.7. The van der Waals surface area contributed by atoms with Crippen molar-refractivity contribution in [1.82, 2.24) is 4.90 Å². The molecule has 1 aromatic rings. The molecule has 4 heterocycles. The van der Waals surface area contributed by atoms with Gasteiger partial charge in [-0.3, -0.25) is 14.4 Å². The van der Waals surface area contributed by atoms with Crippen molar-refractivity contribution in [2.24, 2.45) is 11.8 Å². The third-order valence-corrected chi connectivity index (χ3v) is 9.94. The second-order valence-electron chi connectivity index (χ2n) is 10.1. The quantitative estimate of drug-likeness (QED) is 0.475. The Bertz CT molecular complexity index is 1140. The molecule has 4 aliphatic heterocycles. The number of para-hydroxylation sites is 1. The zero-order valence-electron chi connectivity index (χ0n) is 20.4. The summed E-state index contributed by atoms with van der Waals surface area (Å²) in [4.78, 5) is 45.1. The lowest BCUT2D eigenvalue weighted by Crippen LogP contribution is -2.56. The number of carbonyl (C=O) groups excluding carboxylic acids is 3. The van der Waals surface area contributed by atoms with Gasteiger partial charge in [-0.25, -0.2) is 0 Å². The van der Waals surface area contributed by atoms with Crippen LogP contribution in [-0.4, -0.2) is 69.1 Å². The van der Waals surface area contributed by atoms with E-state index in [1.165, 1.54) is 16.7 Å². The SMILES string of the molecule is C[C@H](CO)N1C(=O)[C@@H]2[C@H]3C(=O)OCCCC/C=C\[C@@]3(C)S[C@@]23C=CCN(c2ccccc2Cl)C(=O)C13. The van der Waals surface area contributed by atoms with Gasteiger partial charge in [0.2, 0.25) is 5.91 Å². The standard InChI is InChI=1S/C27H31ClN2O5S/c1-17(16-31)30-22-24(33)29(19-11-6-5-10-18(19)28)14-9-13-27(22)20(23(30)32)21-25(34)35-15-8-4-3-7-12-26(21,2)36-27/h5-7,9-13,17,20-22,31H,3-4,8,14-16H2,1-2H3/b12-7-/t17-,20+,21+,22?,26-,27+/m1/s1. The number of allylic oxidation sites excluding steroid dienone is 1. The van der Waals surface area contributed by atoms with E-state index in [9.17, 15) is 19.5 Å². The number of aliphatic hydroxyl groups is 1. The molecule has 0 aliphatic carbocycles. The van der Waals surface area contributed by atoms with Gasteiger partial charge in [0, 0.05) is 11.3 Å². The number of esters is 1. The summed E-state index contributed by atoms with van der Waals surface area (Å²) in [6.07, 6.45) is 10.5. The fourth-order valence-corrected chi connectivity index (χ4v) is 8.56. The number of aliphatic hydroxyl groups excluding tert-OH is 1. The number of likely N-dealkylation sites (tertiary alicyclic amines) is 1. The Balaban J connectivity index is 1.67. The predicted octanol–water partition coefficient (Wildman–Crippen LogP) is 3.59. The minimum absolute atomic E-state index is 0.276. The van der Waals surface area contributed by atoms with Crippen LogP contribution in [-0.2, 0) is 19.1 Å². The summed E-state index contributed by atoms with van der Waals surface area (Å²) in [7, 11) is 0. The van der Waals surface area contributed by atoms with E-state index in [4.69, 9.17) is 16.3 Å². The summed E-state index contributed by atoms with van der Waals surface area (Å²) in [5.74, 6) is -2.54. The number of hydrogen-bond acceptors (Lipinski definition) is 6. The van der Waals surface area contributed by atoms with Crippen LogP contribution in [0.25, 0.3) is 0 Å². The van der Waals surface area contributed by atoms with Crippen molar-refractivity contribution < 1.29 is 24.2 Å². The molecule has 0 radical (unpaired) electrons. The molecule has 2 fully saturated rings. The second kappa shape index (κ2) is 9.54. The molecule has 0 saturated carbocycles. The smallest absolute Gasteiger partial charge is 0.311 e. The monoisotopic (exact) mass is 530 g/mol. The Morgan fingerprint density at radius 1 is 1.14 bits per heavy atom. The molecule has 192 valence electrons. The highest BCUT2D eigenvalue weighted by Gasteiger charge is 2.74. The largest absolute Gasteiger partial charge is 0.465 e. The van der Waals surface area contributed by atoms with Gasteiger partial charge in [-0.2, -0.15) is 0 Å². The van der Waals surface area contributed by atoms with E-state index >= 15 is 0 Å². The molecule has 7 nitrogen and oxygen atoms in total. The molecule has 2 amide bonds. The molecule has 6 atom stereocenters. The Morgan fingerprint density at radius 2 is 1.92 bits per heavy atom. The van der Waals surface area contributed by atoms with Gasteiger partial charge in [0.1, 0.15) is 6.04 Å². The van der Waals surface area contributed by atoms with Crippen molar-refractivity contribution in [3.05, 3.63) is 53.6 Å². The van der Waals surface area contributed by atoms with Gasteiger partial charge in [-0.05, 0) is 45.2 Å². The van der Waals surface area contributed by atoms with Crippen LogP contribution in [0.3, 0.4) is 0 Å². The number of thioether (sulfide) groups is 1. The number of carbonyl (C=O) groups is 3. The highest BCUT2D eigenvalue weighted by Crippen LogP contribution is 2.65. The number of amides is 2. The summed E-state index contributed by atoms with van der Waals surface area (Å²) in [5, 5.41) is 10.5. The van der Waals surface area contributed by atoms with Crippen LogP contribution in [0.1, 0.15) is 33.1 Å². The summed E-state index contributed by atoms with van der Waals surface area (Å²) < 4.78 is 3.95. The van der Waals surface area contributed by atoms with Gasteiger partial charge >= 0.3 is 5.97 Å². The number of hydrogen-bond donors (Lipinski definition) is 1. The first-order valence-corrected chi connectivity index (χ1v) is 13.7. The lowest BCUT2D eigenvalue weighted by molar-refractivity contribution is -0.154. The second-order valence-corrected chi connectivity index (χ2v) is 12.3. The van der Waals surface area contributed by atoms with Gasteiger partial charge in [0.05, 0.1) is 46.5 Å². The van der Waals surface area contributed by atoms with E-state index in [0.717, 1.165) is 19.3 Å². The lowest BCUT2D eigenvalue weighted by Gasteiger charge is -2.39. The molecular formula is C27H31ClN2O5S. The van der Waals surface area contributed by atoms with Crippen molar-refractivity contribution in [2.45, 2.75) is 54.7 Å². The maximum atomic E-state index is 14.3. The maximum absolute atomic E-state index is 14.3. The number of ether oxygens (including phenoxy) is 1. The van der Waals surface area contributed by atoms with Gasteiger partial charge in [-0.15, -0.1) is 11.8 Å². The van der Waals surface area contributed by atoms with E-state index in [-0.39, 0.29) is 25.0 Å². The number of benzene rings is 1. The van der Waals surface area contributed by atoms with Crippen molar-refractivity contribution in [3.63, 3.8) is 0 Å². The molecule has 0 bridgehead atoms. The van der Waals surface area contributed by atoms with Crippen LogP contribution in [0, 0.1) is 11.8 Å². The molecule has 36 heavy (non-hydrogen) atoms. The van der Waals surface area contributed by atoms with Crippen molar-refractivity contribution in [3.8, 4) is 0 Å². The third kappa shape index (κ3) is 3.80. The van der Waals surface area contributed by atoms with Gasteiger partial charge < -0.3 is 19.6 Å². The van der Waals surface area contributed by atoms with E-state index in [0.29, 0.717) is 17.3 Å². The van der Waals surface area contributed by atoms with Gasteiger partial charge in [-0.1, -0.05) is 48.0 Å². The Morgan fingerprint density at radius 3 is 2.67 bits per heavy atom. The number of halogens is 1. The van der Waals surface area contributed by atoms with Crippen LogP contribution in [0.4, 0.5) is 5.69 Å². The molecule has 1 unspecified atom stereocenters.